The summed E-state index contributed by atoms with van der Waals surface area (Å²) in [4.78, 5) is 7.04. The Bertz CT molecular complexity index is 4590. The van der Waals surface area contributed by atoms with Crippen LogP contribution in [0.2, 0.25) is 0 Å². The summed E-state index contributed by atoms with van der Waals surface area (Å²) in [6, 6.07) is 41.9. The molecule has 432 valence electrons. The molecule has 0 N–H and O–H groups in total. The van der Waals surface area contributed by atoms with Gasteiger partial charge in [-0.15, -0.1) is 0 Å². The Balaban J connectivity index is 1.15. The highest BCUT2D eigenvalue weighted by atomic mass is 16.3. The van der Waals surface area contributed by atoms with Crippen molar-refractivity contribution in [2.75, 3.05) is 14.7 Å². The first-order valence-electron chi connectivity index (χ1n) is 34.4. The number of nitrogens with zero attached hydrogens (tertiary/aromatic N) is 3. The van der Waals surface area contributed by atoms with Crippen LogP contribution >= 0.6 is 0 Å². The molecule has 1 aromatic heterocycles. The highest BCUT2D eigenvalue weighted by molar-refractivity contribution is 7.00. The van der Waals surface area contributed by atoms with Crippen LogP contribution in [0.15, 0.2) is 150 Å². The molecule has 0 spiro atoms. The van der Waals surface area contributed by atoms with Crippen molar-refractivity contribution in [1.82, 2.24) is 0 Å². The summed E-state index contributed by atoms with van der Waals surface area (Å²) in [6.45, 7) is 38.2. The Labute approximate surface area is 515 Å². The first-order chi connectivity index (χ1) is 42.1. The molecule has 85 heavy (non-hydrogen) atoms. The summed E-state index contributed by atoms with van der Waals surface area (Å²) in [7, 11) is 0. The molecule has 4 nitrogen and oxygen atoms in total. The molecule has 0 saturated heterocycles. The summed E-state index contributed by atoms with van der Waals surface area (Å²) in [5.41, 5.74) is 21.9. The predicted octanol–water partition coefficient (Wildman–Crippen LogP) is 20.5. The number of hydrogen-bond acceptors (Lipinski definition) is 4. The Kier molecular flexibility index (Phi) is 10.3. The van der Waals surface area contributed by atoms with Gasteiger partial charge < -0.3 is 19.1 Å². The van der Waals surface area contributed by atoms with Gasteiger partial charge in [0.1, 0.15) is 5.58 Å². The minimum atomic E-state index is -0.427. The van der Waals surface area contributed by atoms with Crippen molar-refractivity contribution in [2.45, 2.75) is 205 Å². The van der Waals surface area contributed by atoms with E-state index < -0.39 is 6.04 Å². The molecule has 2 aliphatic heterocycles. The van der Waals surface area contributed by atoms with Crippen molar-refractivity contribution in [3.63, 3.8) is 0 Å². The van der Waals surface area contributed by atoms with Gasteiger partial charge in [-0.2, -0.15) is 0 Å². The van der Waals surface area contributed by atoms with E-state index in [-0.39, 0.29) is 79.9 Å². The van der Waals surface area contributed by atoms with Crippen molar-refractivity contribution >= 4 is 96.2 Å². The van der Waals surface area contributed by atoms with Crippen molar-refractivity contribution in [2.24, 2.45) is 0 Å². The fourth-order valence-corrected chi connectivity index (χ4v) is 16.8. The molecule has 0 fully saturated rings. The van der Waals surface area contributed by atoms with Crippen molar-refractivity contribution in [3.05, 3.63) is 190 Å². The lowest BCUT2D eigenvalue weighted by atomic mass is 9.35. The molecule has 0 amide bonds. The van der Waals surface area contributed by atoms with Gasteiger partial charge in [0.25, 0.3) is 6.71 Å². The van der Waals surface area contributed by atoms with Crippen molar-refractivity contribution in [1.29, 1.82) is 0 Å². The molecule has 8 aromatic carbocycles. The number of anilines is 9. The summed E-state index contributed by atoms with van der Waals surface area (Å²) in [5.74, 6) is 0. The second-order valence-corrected chi connectivity index (χ2v) is 32.0. The Morgan fingerprint density at radius 3 is 1.41 bits per heavy atom. The van der Waals surface area contributed by atoms with E-state index >= 15 is 0 Å². The van der Waals surface area contributed by atoms with Crippen LogP contribution in [0.25, 0.3) is 21.7 Å². The Hall–Kier alpha value is -6.98. The maximum absolute atomic E-state index is 9.93. The second-order valence-electron chi connectivity index (χ2n) is 32.0. The van der Waals surface area contributed by atoms with Crippen LogP contribution in [0.5, 0.6) is 0 Å². The maximum atomic E-state index is 9.93. The van der Waals surface area contributed by atoms with E-state index in [2.05, 4.69) is 218 Å². The Morgan fingerprint density at radius 1 is 0.400 bits per heavy atom. The molecule has 3 heterocycles. The average molecular weight is 1120 g/mol. The highest BCUT2D eigenvalue weighted by Gasteiger charge is 2.51. The minimum absolute atomic E-state index is 0.0210. The number of furan rings is 1. The molecule has 6 aliphatic rings. The zero-order chi connectivity index (χ0) is 63.9. The third-order valence-corrected chi connectivity index (χ3v) is 22.7. The second kappa shape index (κ2) is 17.8. The quantitative estimate of drug-likeness (QED) is 0.160. The lowest BCUT2D eigenvalue weighted by Gasteiger charge is -2.47. The third-order valence-electron chi connectivity index (χ3n) is 22.7. The van der Waals surface area contributed by atoms with E-state index in [1.54, 1.807) is 0 Å². The fourth-order valence-electron chi connectivity index (χ4n) is 16.8. The fraction of sp³-hybridized carbons (Fsp3) is 0.400. The van der Waals surface area contributed by atoms with Gasteiger partial charge in [-0.05, 0) is 240 Å². The first kappa shape index (κ1) is 49.2. The molecular formula is C80H88BN3O. The molecule has 0 unspecified atom stereocenters. The zero-order valence-electron chi connectivity index (χ0n) is 58.5. The van der Waals surface area contributed by atoms with E-state index in [0.717, 1.165) is 118 Å². The number of rotatable bonds is 5. The van der Waals surface area contributed by atoms with Crippen LogP contribution in [0.3, 0.4) is 0 Å². The van der Waals surface area contributed by atoms with Gasteiger partial charge in [0, 0.05) is 45.2 Å². The van der Waals surface area contributed by atoms with E-state index in [1.807, 2.05) is 23.1 Å². The number of para-hydroxylation sites is 1. The summed E-state index contributed by atoms with van der Waals surface area (Å²) in [6.07, 6.45) is 8.56. The number of hydrogen-bond donors (Lipinski definition) is 0. The zero-order valence-corrected chi connectivity index (χ0v) is 53.5. The van der Waals surface area contributed by atoms with Crippen molar-refractivity contribution < 1.29 is 11.3 Å². The topological polar surface area (TPSA) is 22.9 Å². The van der Waals surface area contributed by atoms with Crippen LogP contribution in [0.4, 0.5) is 51.2 Å². The molecule has 0 saturated carbocycles. The molecule has 4 aliphatic carbocycles. The first-order valence-corrected chi connectivity index (χ1v) is 31.9. The van der Waals surface area contributed by atoms with Gasteiger partial charge in [0.15, 0.2) is 0 Å². The highest BCUT2D eigenvalue weighted by Crippen LogP contribution is 2.57. The Morgan fingerprint density at radius 2 is 0.859 bits per heavy atom. The van der Waals surface area contributed by atoms with Crippen LogP contribution in [-0.2, 0) is 43.3 Å². The molecule has 9 aromatic rings. The van der Waals surface area contributed by atoms with Crippen LogP contribution in [0.1, 0.15) is 214 Å². The normalized spacial score (nSPS) is 21.6. The van der Waals surface area contributed by atoms with Crippen LogP contribution in [-0.4, -0.2) is 6.71 Å². The molecule has 0 atom stereocenters. The lowest BCUT2D eigenvalue weighted by molar-refractivity contribution is 0.332. The van der Waals surface area contributed by atoms with E-state index in [4.69, 9.17) is 5.79 Å². The summed E-state index contributed by atoms with van der Waals surface area (Å²) in [5, 5.41) is 3.09. The smallest absolute Gasteiger partial charge is 0.297 e. The van der Waals surface area contributed by atoms with Gasteiger partial charge in [0.2, 0.25) is 0 Å². The predicted molar refractivity (Wildman–Crippen MR) is 364 cm³/mol. The number of fused-ring (bicyclic) bond motifs is 11. The van der Waals surface area contributed by atoms with Gasteiger partial charge in [-0.1, -0.05) is 177 Å². The van der Waals surface area contributed by atoms with Gasteiger partial charge >= 0.3 is 0 Å². The molecule has 0 radical (unpaired) electrons. The lowest BCUT2D eigenvalue weighted by Crippen LogP contribution is -2.61. The van der Waals surface area contributed by atoms with Gasteiger partial charge in [-0.25, -0.2) is 0 Å². The number of benzene rings is 8. The van der Waals surface area contributed by atoms with Gasteiger partial charge in [0.05, 0.1) is 23.9 Å². The van der Waals surface area contributed by atoms with E-state index in [9.17, 15) is 5.48 Å². The van der Waals surface area contributed by atoms with Crippen LogP contribution < -0.4 is 31.3 Å². The molecule has 15 rings (SSSR count). The molecule has 0 bridgehead atoms. The minimum Gasteiger partial charge on any atom is -0.468 e. The van der Waals surface area contributed by atoms with E-state index in [0.29, 0.717) is 11.4 Å². The SMILES string of the molecule is [2H]c1c([2H])c([2H])c(N(c2cc3c4c(c2)N(c2ccc5c(c2)C(C)(C)CCC5(C)C)c2c(oc5cc6c(cc25)C(C)(C)CCC6(C)C)B4c2cc4c(cc2N3c2ccc3c(c2)C(C)(C)CCC3(C)C)C(C)(C)CCC4(C)C)c2ccc3ccccc3c2)c([2H])c1[2H]. The standard InChI is InChI=1S/C80H88BN3O/c1-73(2)32-34-75(5,6)59-41-53(28-30-57(59)73)83-66-47-63-62(78(11,12)37-38-79(63,13)14)46-65(66)81-70-67(83)43-55(82(51-24-18-17-19-25-51)52-27-26-49-22-20-21-23-50(49)40-52)44-68(70)84(54-29-31-58-60(42-54)76(7,8)35-33-74(58,3)4)71-56-45-61-64(48-69(56)85-72(71)81)80(15,16)39-36-77(61,9)10/h17-31,40-48H,32-39H2,1-16H3/i17D,18D,19D,24D,25D. The largest absolute Gasteiger partial charge is 0.468 e. The summed E-state index contributed by atoms with van der Waals surface area (Å²) < 4.78 is 55.4. The van der Waals surface area contributed by atoms with E-state index in [1.165, 1.54) is 50.0 Å². The maximum Gasteiger partial charge on any atom is 0.297 e. The summed E-state index contributed by atoms with van der Waals surface area (Å²) >= 11 is 0. The van der Waals surface area contributed by atoms with Crippen molar-refractivity contribution in [3.8, 4) is 0 Å². The van der Waals surface area contributed by atoms with Gasteiger partial charge in [-0.3, -0.25) is 0 Å². The van der Waals surface area contributed by atoms with Crippen LogP contribution in [0, 0.1) is 0 Å². The molecular weight excluding hydrogens is 1030 g/mol. The third kappa shape index (κ3) is 8.12. The average Bonchev–Trinajstić information content (AvgIpc) is 1.20. The molecule has 5 heteroatoms. The monoisotopic (exact) mass is 1120 g/mol.